The summed E-state index contributed by atoms with van der Waals surface area (Å²) in [6, 6.07) is 7.63. The van der Waals surface area contributed by atoms with Crippen molar-refractivity contribution in [3.8, 4) is 0 Å². The highest BCUT2D eigenvalue weighted by molar-refractivity contribution is 5.88. The molecule has 0 heterocycles. The molecule has 15 heavy (non-hydrogen) atoms. The molecule has 0 saturated carbocycles. The molecule has 0 saturated heterocycles. The molecule has 0 amide bonds. The van der Waals surface area contributed by atoms with E-state index in [2.05, 4.69) is 0 Å². The first-order valence-corrected chi connectivity index (χ1v) is 4.81. The molecule has 1 rings (SSSR count). The van der Waals surface area contributed by atoms with Crippen molar-refractivity contribution in [3.63, 3.8) is 0 Å². The van der Waals surface area contributed by atoms with Crippen LogP contribution in [0.3, 0.4) is 0 Å². The third-order valence-electron chi connectivity index (χ3n) is 1.96. The van der Waals surface area contributed by atoms with E-state index in [0.717, 1.165) is 16.8 Å². The zero-order valence-corrected chi connectivity index (χ0v) is 9.03. The van der Waals surface area contributed by atoms with E-state index in [4.69, 9.17) is 5.73 Å². The Kier molecular flexibility index (Phi) is 3.86. The van der Waals surface area contributed by atoms with Crippen molar-refractivity contribution in [3.05, 3.63) is 47.6 Å². The molecule has 0 spiro atoms. The van der Waals surface area contributed by atoms with Crippen LogP contribution in [0.5, 0.6) is 0 Å². The summed E-state index contributed by atoms with van der Waals surface area (Å²) in [5.41, 5.74) is 8.51. The third kappa shape index (κ3) is 3.81. The van der Waals surface area contributed by atoms with Crippen LogP contribution in [0.15, 0.2) is 42.0 Å². The molecule has 2 N–H and O–H groups in total. The van der Waals surface area contributed by atoms with E-state index in [0.29, 0.717) is 0 Å². The molecule has 0 aromatic heterocycles. The summed E-state index contributed by atoms with van der Waals surface area (Å²) in [7, 11) is 0. The summed E-state index contributed by atoms with van der Waals surface area (Å²) in [5, 5.41) is 0. The van der Waals surface area contributed by atoms with Gasteiger partial charge in [-0.05, 0) is 37.6 Å². The fraction of sp³-hybridized carbons (Fsp3) is 0.154. The summed E-state index contributed by atoms with van der Waals surface area (Å²) in [6.07, 6.45) is 5.29. The maximum atomic E-state index is 10.7. The molecule has 0 radical (unpaired) electrons. The lowest BCUT2D eigenvalue weighted by atomic mass is 10.1. The van der Waals surface area contributed by atoms with E-state index in [1.807, 2.05) is 37.3 Å². The average Bonchev–Trinajstić information content (AvgIpc) is 2.18. The van der Waals surface area contributed by atoms with Crippen LogP contribution < -0.4 is 5.73 Å². The van der Waals surface area contributed by atoms with Crippen molar-refractivity contribution in [2.75, 3.05) is 5.73 Å². The molecule has 0 aliphatic heterocycles. The van der Waals surface area contributed by atoms with Crippen LogP contribution in [-0.4, -0.2) is 5.78 Å². The Morgan fingerprint density at radius 1 is 1.20 bits per heavy atom. The highest BCUT2D eigenvalue weighted by Gasteiger charge is 1.93. The fourth-order valence-electron chi connectivity index (χ4n) is 1.18. The molecule has 0 fully saturated rings. The van der Waals surface area contributed by atoms with Gasteiger partial charge in [0.2, 0.25) is 0 Å². The maximum Gasteiger partial charge on any atom is 0.152 e. The Balaban J connectivity index is 2.88. The Labute approximate surface area is 90.1 Å². The zero-order valence-electron chi connectivity index (χ0n) is 9.03. The first-order chi connectivity index (χ1) is 7.09. The number of carbonyl (C=O) groups is 1. The van der Waals surface area contributed by atoms with E-state index in [1.54, 1.807) is 12.2 Å². The molecular weight excluding hydrogens is 186 g/mol. The number of benzene rings is 1. The van der Waals surface area contributed by atoms with Gasteiger partial charge in [0.15, 0.2) is 5.78 Å². The summed E-state index contributed by atoms with van der Waals surface area (Å²) >= 11 is 0. The Morgan fingerprint density at radius 2 is 1.87 bits per heavy atom. The molecular formula is C13H15NO. The number of nitrogens with two attached hydrogens (primary N) is 1. The quantitative estimate of drug-likeness (QED) is 0.464. The van der Waals surface area contributed by atoms with Gasteiger partial charge >= 0.3 is 0 Å². The van der Waals surface area contributed by atoms with Crippen LogP contribution in [0.25, 0.3) is 6.08 Å². The molecule has 2 nitrogen and oxygen atoms in total. The van der Waals surface area contributed by atoms with Crippen molar-refractivity contribution < 1.29 is 4.79 Å². The molecule has 1 aromatic carbocycles. The van der Waals surface area contributed by atoms with Gasteiger partial charge in [0.25, 0.3) is 0 Å². The molecule has 2 heteroatoms. The molecule has 0 aliphatic rings. The van der Waals surface area contributed by atoms with E-state index in [-0.39, 0.29) is 5.78 Å². The van der Waals surface area contributed by atoms with Crippen LogP contribution in [0.1, 0.15) is 19.4 Å². The molecule has 0 atom stereocenters. The number of ketones is 1. The predicted octanol–water partition coefficient (Wildman–Crippen LogP) is 2.82. The topological polar surface area (TPSA) is 43.1 Å². The minimum atomic E-state index is 0.0452. The molecule has 0 bridgehead atoms. The highest BCUT2D eigenvalue weighted by Crippen LogP contribution is 2.14. The van der Waals surface area contributed by atoms with Crippen molar-refractivity contribution in [2.45, 2.75) is 13.8 Å². The van der Waals surface area contributed by atoms with Crippen molar-refractivity contribution in [1.82, 2.24) is 0 Å². The van der Waals surface area contributed by atoms with E-state index < -0.39 is 0 Å². The van der Waals surface area contributed by atoms with Gasteiger partial charge in [-0.15, -0.1) is 0 Å². The number of carbonyl (C=O) groups excluding carboxylic acids is 1. The molecule has 0 unspecified atom stereocenters. The number of para-hydroxylation sites is 1. The predicted molar refractivity (Wildman–Crippen MR) is 64.3 cm³/mol. The lowest BCUT2D eigenvalue weighted by Gasteiger charge is -1.99. The average molecular weight is 201 g/mol. The van der Waals surface area contributed by atoms with Crippen LogP contribution in [0.4, 0.5) is 5.69 Å². The first kappa shape index (κ1) is 11.2. The Morgan fingerprint density at radius 3 is 2.47 bits per heavy atom. The minimum absolute atomic E-state index is 0.0452. The normalized spacial score (nSPS) is 12.0. The summed E-state index contributed by atoms with van der Waals surface area (Å²) in [4.78, 5) is 10.7. The van der Waals surface area contributed by atoms with E-state index in [9.17, 15) is 4.79 Å². The van der Waals surface area contributed by atoms with Crippen molar-refractivity contribution in [2.24, 2.45) is 0 Å². The lowest BCUT2D eigenvalue weighted by Crippen LogP contribution is -1.88. The SMILES string of the molecule is CC(=O)/C=C/C(C)=C/c1ccccc1N. The van der Waals surface area contributed by atoms with Crippen LogP contribution in [-0.2, 0) is 4.79 Å². The standard InChI is InChI=1S/C13H15NO/c1-10(7-8-11(2)15)9-12-5-3-4-6-13(12)14/h3-9H,14H2,1-2H3/b8-7+,10-9+. The summed E-state index contributed by atoms with van der Waals surface area (Å²) < 4.78 is 0. The zero-order chi connectivity index (χ0) is 11.3. The monoisotopic (exact) mass is 201 g/mol. The maximum absolute atomic E-state index is 10.7. The largest absolute Gasteiger partial charge is 0.398 e. The van der Waals surface area contributed by atoms with Crippen molar-refractivity contribution in [1.29, 1.82) is 0 Å². The van der Waals surface area contributed by atoms with E-state index in [1.165, 1.54) is 6.92 Å². The second kappa shape index (κ2) is 5.15. The second-order valence-corrected chi connectivity index (χ2v) is 3.46. The van der Waals surface area contributed by atoms with Crippen LogP contribution >= 0.6 is 0 Å². The Bertz CT molecular complexity index is 416. The highest BCUT2D eigenvalue weighted by atomic mass is 16.1. The van der Waals surface area contributed by atoms with Gasteiger partial charge in [-0.2, -0.15) is 0 Å². The molecule has 0 aliphatic carbocycles. The second-order valence-electron chi connectivity index (χ2n) is 3.46. The number of allylic oxidation sites excluding steroid dienone is 3. The summed E-state index contributed by atoms with van der Waals surface area (Å²) in [6.45, 7) is 3.46. The number of hydrogen-bond acceptors (Lipinski definition) is 2. The van der Waals surface area contributed by atoms with Gasteiger partial charge in [0.05, 0.1) is 0 Å². The number of rotatable bonds is 3. The van der Waals surface area contributed by atoms with Gasteiger partial charge in [-0.1, -0.05) is 29.8 Å². The van der Waals surface area contributed by atoms with Gasteiger partial charge < -0.3 is 5.73 Å². The summed E-state index contributed by atoms with van der Waals surface area (Å²) in [5.74, 6) is 0.0452. The minimum Gasteiger partial charge on any atom is -0.398 e. The number of hydrogen-bond donors (Lipinski definition) is 1. The fourth-order valence-corrected chi connectivity index (χ4v) is 1.18. The Hall–Kier alpha value is -1.83. The first-order valence-electron chi connectivity index (χ1n) is 4.81. The lowest BCUT2D eigenvalue weighted by molar-refractivity contribution is -0.112. The third-order valence-corrected chi connectivity index (χ3v) is 1.96. The van der Waals surface area contributed by atoms with Crippen LogP contribution in [0, 0.1) is 0 Å². The molecule has 78 valence electrons. The van der Waals surface area contributed by atoms with Gasteiger partial charge in [-0.3, -0.25) is 4.79 Å². The number of anilines is 1. The smallest absolute Gasteiger partial charge is 0.152 e. The van der Waals surface area contributed by atoms with Crippen LogP contribution in [0.2, 0.25) is 0 Å². The van der Waals surface area contributed by atoms with Gasteiger partial charge in [0.1, 0.15) is 0 Å². The van der Waals surface area contributed by atoms with Gasteiger partial charge in [-0.25, -0.2) is 0 Å². The molecule has 1 aromatic rings. The van der Waals surface area contributed by atoms with Crippen molar-refractivity contribution >= 4 is 17.5 Å². The van der Waals surface area contributed by atoms with Gasteiger partial charge in [0, 0.05) is 5.69 Å². The van der Waals surface area contributed by atoms with E-state index >= 15 is 0 Å². The number of nitrogen functional groups attached to an aromatic ring is 1.